The quantitative estimate of drug-likeness (QED) is 0.898. The minimum Gasteiger partial charge on any atom is -0.506 e. The number of benzene rings is 2. The number of hydrogen-bond donors (Lipinski definition) is 1. The highest BCUT2D eigenvalue weighted by atomic mass is 35.5. The normalized spacial score (nSPS) is 17.7. The second-order valence-electron chi connectivity index (χ2n) is 6.08. The number of hydrogen-bond acceptors (Lipinski definition) is 4. The molecule has 3 rings (SSSR count). The maximum absolute atomic E-state index is 9.58. The minimum absolute atomic E-state index is 0.112. The number of ether oxygens (including phenoxy) is 2. The van der Waals surface area contributed by atoms with E-state index in [0.29, 0.717) is 5.02 Å². The largest absolute Gasteiger partial charge is 0.506 e. The molecule has 1 atom stereocenters. The van der Waals surface area contributed by atoms with Gasteiger partial charge < -0.3 is 14.6 Å². The maximum atomic E-state index is 9.58. The van der Waals surface area contributed by atoms with Crippen LogP contribution in [-0.4, -0.2) is 29.8 Å². The Hall–Kier alpha value is -1.91. The number of methoxy groups -OCH3 is 1. The summed E-state index contributed by atoms with van der Waals surface area (Å²) in [4.78, 5) is 2.34. The van der Waals surface area contributed by atoms with Crippen molar-refractivity contribution in [2.75, 3.05) is 13.7 Å². The summed E-state index contributed by atoms with van der Waals surface area (Å²) in [5.41, 5.74) is 2.19. The molecule has 0 radical (unpaired) electrons. The molecule has 2 aromatic carbocycles. The number of aromatic hydroxyl groups is 1. The summed E-state index contributed by atoms with van der Waals surface area (Å²) in [6.45, 7) is 4.50. The van der Waals surface area contributed by atoms with Gasteiger partial charge in [-0.3, -0.25) is 4.90 Å². The predicted octanol–water partition coefficient (Wildman–Crippen LogP) is 4.23. The molecule has 0 saturated heterocycles. The molecular weight excluding hydrogens is 326 g/mol. The predicted molar refractivity (Wildman–Crippen MR) is 94.9 cm³/mol. The van der Waals surface area contributed by atoms with Gasteiger partial charge in [0.15, 0.2) is 0 Å². The van der Waals surface area contributed by atoms with Gasteiger partial charge in [-0.05, 0) is 42.3 Å². The second-order valence-corrected chi connectivity index (χ2v) is 6.48. The molecular formula is C19H22ClNO3. The molecule has 0 unspecified atom stereocenters. The molecule has 0 aliphatic carbocycles. The zero-order valence-electron chi connectivity index (χ0n) is 14.0. The Kier molecular flexibility index (Phi) is 5.17. The molecule has 5 heteroatoms. The van der Waals surface area contributed by atoms with Crippen LogP contribution in [0, 0.1) is 0 Å². The lowest BCUT2D eigenvalue weighted by Gasteiger charge is -2.23. The molecule has 1 heterocycles. The molecule has 1 N–H and O–H groups in total. The molecule has 0 spiro atoms. The van der Waals surface area contributed by atoms with Gasteiger partial charge in [0, 0.05) is 25.2 Å². The van der Waals surface area contributed by atoms with Gasteiger partial charge in [-0.25, -0.2) is 0 Å². The van der Waals surface area contributed by atoms with E-state index in [9.17, 15) is 5.11 Å². The van der Waals surface area contributed by atoms with Gasteiger partial charge in [0.05, 0.1) is 12.1 Å². The van der Waals surface area contributed by atoms with E-state index >= 15 is 0 Å². The molecule has 0 bridgehead atoms. The molecule has 0 amide bonds. The Morgan fingerprint density at radius 1 is 1.29 bits per heavy atom. The van der Waals surface area contributed by atoms with Crippen molar-refractivity contribution in [1.82, 2.24) is 4.90 Å². The molecule has 0 aromatic heterocycles. The van der Waals surface area contributed by atoms with E-state index in [-0.39, 0.29) is 11.9 Å². The van der Waals surface area contributed by atoms with Crippen molar-refractivity contribution < 1.29 is 14.6 Å². The van der Waals surface area contributed by atoms with Crippen LogP contribution in [0.5, 0.6) is 17.2 Å². The van der Waals surface area contributed by atoms with E-state index < -0.39 is 0 Å². The van der Waals surface area contributed by atoms with Crippen LogP contribution in [0.15, 0.2) is 36.4 Å². The third-order valence-corrected chi connectivity index (χ3v) is 4.59. The average Bonchev–Trinajstić information content (AvgIpc) is 2.75. The highest BCUT2D eigenvalue weighted by Crippen LogP contribution is 2.31. The third-order valence-electron chi connectivity index (χ3n) is 4.29. The Balaban J connectivity index is 1.85. The number of phenolic OH excluding ortho intramolecular Hbond substituents is 1. The molecule has 0 saturated carbocycles. The van der Waals surface area contributed by atoms with Crippen molar-refractivity contribution in [2.45, 2.75) is 32.5 Å². The van der Waals surface area contributed by atoms with Crippen molar-refractivity contribution in [1.29, 1.82) is 0 Å². The number of phenols is 1. The highest BCUT2D eigenvalue weighted by molar-refractivity contribution is 6.32. The molecule has 1 aliphatic rings. The van der Waals surface area contributed by atoms with Crippen LogP contribution < -0.4 is 9.47 Å². The average molecular weight is 348 g/mol. The number of halogens is 1. The Labute approximate surface area is 147 Å². The summed E-state index contributed by atoms with van der Waals surface area (Å²) in [7, 11) is 1.67. The maximum Gasteiger partial charge on any atom is 0.134 e. The van der Waals surface area contributed by atoms with Gasteiger partial charge in [0.25, 0.3) is 0 Å². The van der Waals surface area contributed by atoms with E-state index in [2.05, 4.69) is 11.8 Å². The Morgan fingerprint density at radius 3 is 2.83 bits per heavy atom. The van der Waals surface area contributed by atoms with Crippen LogP contribution in [-0.2, 0) is 13.1 Å². The van der Waals surface area contributed by atoms with Gasteiger partial charge in [0.1, 0.15) is 23.4 Å². The van der Waals surface area contributed by atoms with E-state index in [1.165, 1.54) is 0 Å². The molecule has 2 aromatic rings. The first-order chi connectivity index (χ1) is 11.6. The standard InChI is InChI=1S/C19H22ClNO3/c1-3-15-12-21(10-13-4-6-18(22)17(20)8-13)11-14-9-16(23-2)5-7-19(14)24-15/h4-9,15,22H,3,10-12H2,1-2H3/t15-/m0/s1. The fourth-order valence-corrected chi connectivity index (χ4v) is 3.17. The molecule has 4 nitrogen and oxygen atoms in total. The third kappa shape index (κ3) is 3.77. The minimum atomic E-state index is 0.112. The van der Waals surface area contributed by atoms with Crippen molar-refractivity contribution >= 4 is 11.6 Å². The van der Waals surface area contributed by atoms with Crippen LogP contribution in [0.3, 0.4) is 0 Å². The lowest BCUT2D eigenvalue weighted by molar-refractivity contribution is 0.139. The lowest BCUT2D eigenvalue weighted by atomic mass is 10.1. The van der Waals surface area contributed by atoms with Crippen LogP contribution in [0.1, 0.15) is 24.5 Å². The first-order valence-electron chi connectivity index (χ1n) is 8.12. The zero-order chi connectivity index (χ0) is 17.1. The van der Waals surface area contributed by atoms with E-state index in [4.69, 9.17) is 21.1 Å². The van der Waals surface area contributed by atoms with E-state index in [1.807, 2.05) is 30.3 Å². The highest BCUT2D eigenvalue weighted by Gasteiger charge is 2.22. The summed E-state index contributed by atoms with van der Waals surface area (Å²) >= 11 is 6.03. The van der Waals surface area contributed by atoms with Gasteiger partial charge in [-0.15, -0.1) is 0 Å². The van der Waals surface area contributed by atoms with Gasteiger partial charge in [0.2, 0.25) is 0 Å². The van der Waals surface area contributed by atoms with Crippen molar-refractivity contribution in [3.05, 3.63) is 52.5 Å². The molecule has 128 valence electrons. The van der Waals surface area contributed by atoms with Crippen LogP contribution >= 0.6 is 11.6 Å². The second kappa shape index (κ2) is 7.32. The summed E-state index contributed by atoms with van der Waals surface area (Å²) in [5.74, 6) is 1.87. The zero-order valence-corrected chi connectivity index (χ0v) is 14.7. The van der Waals surface area contributed by atoms with Gasteiger partial charge in [-0.1, -0.05) is 24.6 Å². The summed E-state index contributed by atoms with van der Waals surface area (Å²) < 4.78 is 11.5. The SMILES string of the molecule is CC[C@H]1CN(Cc2ccc(O)c(Cl)c2)Cc2cc(OC)ccc2O1. The first-order valence-corrected chi connectivity index (χ1v) is 8.50. The fourth-order valence-electron chi connectivity index (χ4n) is 2.97. The Morgan fingerprint density at radius 2 is 2.12 bits per heavy atom. The van der Waals surface area contributed by atoms with Gasteiger partial charge in [-0.2, -0.15) is 0 Å². The monoisotopic (exact) mass is 347 g/mol. The lowest BCUT2D eigenvalue weighted by Crippen LogP contribution is -2.32. The number of fused-ring (bicyclic) bond motifs is 1. The fraction of sp³-hybridized carbons (Fsp3) is 0.368. The van der Waals surface area contributed by atoms with E-state index in [0.717, 1.165) is 48.7 Å². The molecule has 1 aliphatic heterocycles. The van der Waals surface area contributed by atoms with Crippen molar-refractivity contribution in [2.24, 2.45) is 0 Å². The van der Waals surface area contributed by atoms with Crippen LogP contribution in [0.2, 0.25) is 5.02 Å². The van der Waals surface area contributed by atoms with Crippen molar-refractivity contribution in [3.63, 3.8) is 0 Å². The molecule has 24 heavy (non-hydrogen) atoms. The summed E-state index contributed by atoms with van der Waals surface area (Å²) in [6, 6.07) is 11.3. The van der Waals surface area contributed by atoms with E-state index in [1.54, 1.807) is 13.2 Å². The topological polar surface area (TPSA) is 41.9 Å². The van der Waals surface area contributed by atoms with Crippen LogP contribution in [0.4, 0.5) is 0 Å². The van der Waals surface area contributed by atoms with Gasteiger partial charge >= 0.3 is 0 Å². The first kappa shape index (κ1) is 16.9. The Bertz CT molecular complexity index is 720. The summed E-state index contributed by atoms with van der Waals surface area (Å²) in [5, 5.41) is 9.97. The smallest absolute Gasteiger partial charge is 0.134 e. The molecule has 0 fully saturated rings. The van der Waals surface area contributed by atoms with Crippen molar-refractivity contribution in [3.8, 4) is 17.2 Å². The number of nitrogens with zero attached hydrogens (tertiary/aromatic N) is 1. The summed E-state index contributed by atoms with van der Waals surface area (Å²) in [6.07, 6.45) is 1.09. The number of rotatable bonds is 4. The van der Waals surface area contributed by atoms with Crippen LogP contribution in [0.25, 0.3) is 0 Å².